The van der Waals surface area contributed by atoms with Crippen molar-refractivity contribution in [2.45, 2.75) is 6.54 Å². The highest BCUT2D eigenvalue weighted by molar-refractivity contribution is 9.10. The van der Waals surface area contributed by atoms with Gasteiger partial charge < -0.3 is 14.2 Å². The van der Waals surface area contributed by atoms with Crippen molar-refractivity contribution in [2.24, 2.45) is 7.05 Å². The van der Waals surface area contributed by atoms with Crippen LogP contribution < -0.4 is 0 Å². The Morgan fingerprint density at radius 2 is 2.38 bits per heavy atom. The number of aromatic carboxylic acids is 1. The standard InChI is InChI=1S/C10H10BrN3O2/c1-13-3-2-12-9(13)6-14-5-7(11)4-8(14)10(15)16/h2-5H,6H2,1H3,(H,15,16). The molecule has 16 heavy (non-hydrogen) atoms. The zero-order chi connectivity index (χ0) is 11.7. The maximum atomic E-state index is 11.0. The summed E-state index contributed by atoms with van der Waals surface area (Å²) >= 11 is 3.26. The summed E-state index contributed by atoms with van der Waals surface area (Å²) in [4.78, 5) is 15.1. The highest BCUT2D eigenvalue weighted by Gasteiger charge is 2.12. The molecule has 0 unspecified atom stereocenters. The summed E-state index contributed by atoms with van der Waals surface area (Å²) in [6, 6.07) is 1.57. The number of rotatable bonds is 3. The molecule has 2 heterocycles. The normalized spacial score (nSPS) is 10.6. The first-order chi connectivity index (χ1) is 7.58. The molecular weight excluding hydrogens is 274 g/mol. The van der Waals surface area contributed by atoms with Crippen molar-refractivity contribution in [1.29, 1.82) is 0 Å². The number of nitrogens with zero attached hydrogens (tertiary/aromatic N) is 3. The fraction of sp³-hybridized carbons (Fsp3) is 0.200. The summed E-state index contributed by atoms with van der Waals surface area (Å²) in [7, 11) is 1.88. The van der Waals surface area contributed by atoms with Crippen LogP contribution in [0.25, 0.3) is 0 Å². The molecule has 0 bridgehead atoms. The minimum absolute atomic E-state index is 0.245. The molecule has 0 fully saturated rings. The van der Waals surface area contributed by atoms with E-state index in [9.17, 15) is 4.79 Å². The zero-order valence-corrected chi connectivity index (χ0v) is 10.2. The number of imidazole rings is 1. The Labute approximate surface area is 100 Å². The smallest absolute Gasteiger partial charge is 0.352 e. The lowest BCUT2D eigenvalue weighted by Gasteiger charge is -2.05. The lowest BCUT2D eigenvalue weighted by atomic mass is 10.4. The Balaban J connectivity index is 2.34. The Kier molecular flexibility index (Phi) is 2.82. The van der Waals surface area contributed by atoms with Crippen LogP contribution in [0.2, 0.25) is 0 Å². The van der Waals surface area contributed by atoms with Crippen LogP contribution in [-0.2, 0) is 13.6 Å². The van der Waals surface area contributed by atoms with Gasteiger partial charge in [0.15, 0.2) is 0 Å². The lowest BCUT2D eigenvalue weighted by Crippen LogP contribution is -2.11. The van der Waals surface area contributed by atoms with Crippen LogP contribution in [0, 0.1) is 0 Å². The molecule has 0 saturated heterocycles. The zero-order valence-electron chi connectivity index (χ0n) is 8.59. The molecule has 1 N–H and O–H groups in total. The Bertz CT molecular complexity index is 530. The van der Waals surface area contributed by atoms with Gasteiger partial charge >= 0.3 is 5.97 Å². The molecule has 2 aromatic rings. The third kappa shape index (κ3) is 2.01. The second kappa shape index (κ2) is 4.13. The molecule has 0 amide bonds. The third-order valence-electron chi connectivity index (χ3n) is 2.32. The molecule has 2 rings (SSSR count). The third-order valence-corrected chi connectivity index (χ3v) is 2.75. The number of aromatic nitrogens is 3. The van der Waals surface area contributed by atoms with Crippen molar-refractivity contribution in [3.63, 3.8) is 0 Å². The fourth-order valence-electron chi connectivity index (χ4n) is 1.49. The molecule has 0 aromatic carbocycles. The number of aryl methyl sites for hydroxylation is 1. The van der Waals surface area contributed by atoms with E-state index in [-0.39, 0.29) is 5.69 Å². The Morgan fingerprint density at radius 3 is 2.94 bits per heavy atom. The highest BCUT2D eigenvalue weighted by atomic mass is 79.9. The molecule has 0 spiro atoms. The molecule has 0 atom stereocenters. The van der Waals surface area contributed by atoms with E-state index in [1.165, 1.54) is 0 Å². The average molecular weight is 284 g/mol. The van der Waals surface area contributed by atoms with Crippen LogP contribution in [0.4, 0.5) is 0 Å². The van der Waals surface area contributed by atoms with Gasteiger partial charge in [-0.2, -0.15) is 0 Å². The van der Waals surface area contributed by atoms with Crippen LogP contribution in [0.1, 0.15) is 16.3 Å². The first-order valence-corrected chi connectivity index (χ1v) is 5.42. The molecule has 0 radical (unpaired) electrons. The maximum Gasteiger partial charge on any atom is 0.352 e. The quantitative estimate of drug-likeness (QED) is 0.933. The van der Waals surface area contributed by atoms with Gasteiger partial charge in [0.1, 0.15) is 11.5 Å². The van der Waals surface area contributed by atoms with Gasteiger partial charge in [-0.25, -0.2) is 9.78 Å². The molecule has 0 aliphatic heterocycles. The van der Waals surface area contributed by atoms with E-state index in [4.69, 9.17) is 5.11 Å². The topological polar surface area (TPSA) is 60.0 Å². The summed E-state index contributed by atoms with van der Waals surface area (Å²) in [6.45, 7) is 0.441. The van der Waals surface area contributed by atoms with E-state index in [0.717, 1.165) is 10.3 Å². The fourth-order valence-corrected chi connectivity index (χ4v) is 1.95. The predicted octanol–water partition coefficient (Wildman–Crippen LogP) is 1.73. The maximum absolute atomic E-state index is 11.0. The van der Waals surface area contributed by atoms with Crippen LogP contribution in [0.15, 0.2) is 29.1 Å². The number of halogens is 1. The van der Waals surface area contributed by atoms with Crippen LogP contribution in [0.3, 0.4) is 0 Å². The van der Waals surface area contributed by atoms with Gasteiger partial charge in [0, 0.05) is 30.1 Å². The first kappa shape index (κ1) is 10.9. The van der Waals surface area contributed by atoms with Gasteiger partial charge in [0.25, 0.3) is 0 Å². The predicted molar refractivity (Wildman–Crippen MR) is 61.4 cm³/mol. The van der Waals surface area contributed by atoms with E-state index < -0.39 is 5.97 Å². The summed E-state index contributed by atoms with van der Waals surface area (Å²) in [5, 5.41) is 9.01. The van der Waals surface area contributed by atoms with Gasteiger partial charge in [0.05, 0.1) is 6.54 Å². The van der Waals surface area contributed by atoms with Gasteiger partial charge in [-0.15, -0.1) is 0 Å². The van der Waals surface area contributed by atoms with Crippen molar-refractivity contribution >= 4 is 21.9 Å². The van der Waals surface area contributed by atoms with Gasteiger partial charge in [0.2, 0.25) is 0 Å². The highest BCUT2D eigenvalue weighted by Crippen LogP contribution is 2.16. The van der Waals surface area contributed by atoms with E-state index >= 15 is 0 Å². The average Bonchev–Trinajstić information content (AvgIpc) is 2.75. The lowest BCUT2D eigenvalue weighted by molar-refractivity contribution is 0.0685. The molecule has 0 saturated carbocycles. The van der Waals surface area contributed by atoms with E-state index in [0.29, 0.717) is 6.54 Å². The van der Waals surface area contributed by atoms with Gasteiger partial charge in [-0.1, -0.05) is 0 Å². The number of hydrogen-bond donors (Lipinski definition) is 1. The monoisotopic (exact) mass is 283 g/mol. The molecule has 6 heteroatoms. The molecule has 2 aromatic heterocycles. The molecule has 0 aliphatic rings. The molecule has 84 valence electrons. The van der Waals surface area contributed by atoms with Crippen molar-refractivity contribution < 1.29 is 9.90 Å². The molecular formula is C10H10BrN3O2. The number of carbonyl (C=O) groups is 1. The summed E-state index contributed by atoms with van der Waals surface area (Å²) in [5.41, 5.74) is 0.245. The second-order valence-electron chi connectivity index (χ2n) is 3.43. The summed E-state index contributed by atoms with van der Waals surface area (Å²) < 4.78 is 4.26. The SMILES string of the molecule is Cn1ccnc1Cn1cc(Br)cc1C(=O)O. The molecule has 5 nitrogen and oxygen atoms in total. The van der Waals surface area contributed by atoms with Crippen molar-refractivity contribution in [1.82, 2.24) is 14.1 Å². The minimum atomic E-state index is -0.945. The van der Waals surface area contributed by atoms with Crippen LogP contribution in [0.5, 0.6) is 0 Å². The molecule has 0 aliphatic carbocycles. The number of carboxylic acids is 1. The number of hydrogen-bond acceptors (Lipinski definition) is 2. The van der Waals surface area contributed by atoms with E-state index in [2.05, 4.69) is 20.9 Å². The second-order valence-corrected chi connectivity index (χ2v) is 4.35. The van der Waals surface area contributed by atoms with Gasteiger partial charge in [-0.05, 0) is 22.0 Å². The summed E-state index contributed by atoms with van der Waals surface area (Å²) in [6.07, 6.45) is 5.25. The van der Waals surface area contributed by atoms with E-state index in [1.807, 2.05) is 17.8 Å². The largest absolute Gasteiger partial charge is 0.477 e. The Hall–Kier alpha value is -1.56. The number of carboxylic acid groups (broad SMARTS) is 1. The minimum Gasteiger partial charge on any atom is -0.477 e. The van der Waals surface area contributed by atoms with Crippen LogP contribution in [-0.4, -0.2) is 25.2 Å². The Morgan fingerprint density at radius 1 is 1.62 bits per heavy atom. The first-order valence-electron chi connectivity index (χ1n) is 4.63. The van der Waals surface area contributed by atoms with Crippen molar-refractivity contribution in [2.75, 3.05) is 0 Å². The summed E-state index contributed by atoms with van der Waals surface area (Å²) in [5.74, 6) is -0.134. The van der Waals surface area contributed by atoms with Gasteiger partial charge in [-0.3, -0.25) is 0 Å². The van der Waals surface area contributed by atoms with Crippen molar-refractivity contribution in [3.05, 3.63) is 40.6 Å². The van der Waals surface area contributed by atoms with Crippen LogP contribution >= 0.6 is 15.9 Å². The van der Waals surface area contributed by atoms with Crippen molar-refractivity contribution in [3.8, 4) is 0 Å². The van der Waals surface area contributed by atoms with E-state index in [1.54, 1.807) is 23.0 Å².